The van der Waals surface area contributed by atoms with Crippen LogP contribution in [0.1, 0.15) is 15.9 Å². The first-order valence-electron chi connectivity index (χ1n) is 5.01. The minimum atomic E-state index is 0.0236. The number of pyridine rings is 1. The van der Waals surface area contributed by atoms with Crippen molar-refractivity contribution >= 4 is 28.4 Å². The van der Waals surface area contributed by atoms with Crippen LogP contribution in [0.5, 0.6) is 0 Å². The predicted octanol–water partition coefficient (Wildman–Crippen LogP) is 2.47. The van der Waals surface area contributed by atoms with Gasteiger partial charge in [-0.1, -0.05) is 29.8 Å². The highest BCUT2D eigenvalue weighted by atomic mass is 35.5. The maximum absolute atomic E-state index is 12.0. The standard InChI is InChI=1S/C12H9ClN2O/c1-15-6-8-10(12(15)16)7-4-2-3-5-9(7)14-11(8)13/h2-5H,6H2,1H3. The van der Waals surface area contributed by atoms with Crippen LogP contribution in [-0.2, 0) is 6.54 Å². The van der Waals surface area contributed by atoms with Crippen LogP contribution in [0.15, 0.2) is 24.3 Å². The van der Waals surface area contributed by atoms with Crippen molar-refractivity contribution in [2.75, 3.05) is 7.05 Å². The van der Waals surface area contributed by atoms with Crippen LogP contribution >= 0.6 is 11.6 Å². The smallest absolute Gasteiger partial charge is 0.255 e. The fourth-order valence-electron chi connectivity index (χ4n) is 2.11. The molecular formula is C12H9ClN2O. The number of aromatic nitrogens is 1. The highest BCUT2D eigenvalue weighted by Gasteiger charge is 2.29. The average Bonchev–Trinajstić information content (AvgIpc) is 2.57. The van der Waals surface area contributed by atoms with E-state index < -0.39 is 0 Å². The van der Waals surface area contributed by atoms with E-state index in [1.165, 1.54) is 0 Å². The Morgan fingerprint density at radius 3 is 2.94 bits per heavy atom. The minimum absolute atomic E-state index is 0.0236. The Hall–Kier alpha value is -1.61. The molecule has 1 aliphatic heterocycles. The third-order valence-electron chi connectivity index (χ3n) is 2.90. The molecule has 0 aliphatic carbocycles. The SMILES string of the molecule is CN1Cc2c(Cl)nc3ccccc3c2C1=O. The number of benzene rings is 1. The summed E-state index contributed by atoms with van der Waals surface area (Å²) in [6.07, 6.45) is 0. The van der Waals surface area contributed by atoms with E-state index in [2.05, 4.69) is 4.98 Å². The molecule has 4 heteroatoms. The molecule has 0 unspecified atom stereocenters. The summed E-state index contributed by atoms with van der Waals surface area (Å²) in [5.74, 6) is 0.0236. The molecule has 1 aliphatic rings. The normalized spacial score (nSPS) is 14.6. The zero-order valence-electron chi connectivity index (χ0n) is 8.70. The molecule has 0 radical (unpaired) electrons. The summed E-state index contributed by atoms with van der Waals surface area (Å²) >= 11 is 6.09. The van der Waals surface area contributed by atoms with Crippen LogP contribution in [-0.4, -0.2) is 22.8 Å². The van der Waals surface area contributed by atoms with Gasteiger partial charge in [0.2, 0.25) is 0 Å². The Bertz CT molecular complexity index is 609. The van der Waals surface area contributed by atoms with Crippen LogP contribution in [0, 0.1) is 0 Å². The van der Waals surface area contributed by atoms with Gasteiger partial charge in [0, 0.05) is 24.5 Å². The fraction of sp³-hybridized carbons (Fsp3) is 0.167. The van der Waals surface area contributed by atoms with Gasteiger partial charge >= 0.3 is 0 Å². The van der Waals surface area contributed by atoms with Crippen molar-refractivity contribution in [3.05, 3.63) is 40.5 Å². The average molecular weight is 233 g/mol. The lowest BCUT2D eigenvalue weighted by molar-refractivity contribution is 0.0818. The Kier molecular flexibility index (Phi) is 1.91. The van der Waals surface area contributed by atoms with Gasteiger partial charge in [0.25, 0.3) is 5.91 Å². The third kappa shape index (κ3) is 1.15. The van der Waals surface area contributed by atoms with Gasteiger partial charge in [-0.15, -0.1) is 0 Å². The van der Waals surface area contributed by atoms with E-state index in [1.807, 2.05) is 24.3 Å². The first kappa shape index (κ1) is 9.60. The molecule has 1 aromatic heterocycles. The summed E-state index contributed by atoms with van der Waals surface area (Å²) in [6, 6.07) is 7.58. The van der Waals surface area contributed by atoms with Crippen molar-refractivity contribution in [2.45, 2.75) is 6.54 Å². The third-order valence-corrected chi connectivity index (χ3v) is 3.21. The highest BCUT2D eigenvalue weighted by Crippen LogP contribution is 2.32. The molecule has 2 heterocycles. The molecule has 2 aromatic rings. The molecule has 0 saturated carbocycles. The van der Waals surface area contributed by atoms with Gasteiger partial charge in [0.1, 0.15) is 5.15 Å². The summed E-state index contributed by atoms with van der Waals surface area (Å²) in [4.78, 5) is 18.0. The molecule has 1 amide bonds. The Morgan fingerprint density at radius 2 is 2.12 bits per heavy atom. The second kappa shape index (κ2) is 3.19. The summed E-state index contributed by atoms with van der Waals surface area (Å²) in [7, 11) is 1.77. The number of carbonyl (C=O) groups excluding carboxylic acids is 1. The second-order valence-electron chi connectivity index (χ2n) is 3.93. The molecule has 0 saturated heterocycles. The highest BCUT2D eigenvalue weighted by molar-refractivity contribution is 6.32. The van der Waals surface area contributed by atoms with Crippen molar-refractivity contribution in [3.8, 4) is 0 Å². The van der Waals surface area contributed by atoms with Crippen molar-refractivity contribution in [1.82, 2.24) is 9.88 Å². The lowest BCUT2D eigenvalue weighted by Gasteiger charge is -2.05. The van der Waals surface area contributed by atoms with E-state index in [9.17, 15) is 4.79 Å². The van der Waals surface area contributed by atoms with Crippen molar-refractivity contribution < 1.29 is 4.79 Å². The summed E-state index contributed by atoms with van der Waals surface area (Å²) in [6.45, 7) is 0.546. The molecule has 0 bridgehead atoms. The number of amides is 1. The van der Waals surface area contributed by atoms with E-state index in [0.717, 1.165) is 16.5 Å². The number of carbonyl (C=O) groups is 1. The number of nitrogens with zero attached hydrogens (tertiary/aromatic N) is 2. The van der Waals surface area contributed by atoms with Crippen LogP contribution in [0.25, 0.3) is 10.9 Å². The van der Waals surface area contributed by atoms with Gasteiger partial charge in [-0.25, -0.2) is 4.98 Å². The van der Waals surface area contributed by atoms with E-state index in [4.69, 9.17) is 11.6 Å². The molecule has 3 rings (SSSR count). The van der Waals surface area contributed by atoms with E-state index in [1.54, 1.807) is 11.9 Å². The van der Waals surface area contributed by atoms with Crippen LogP contribution < -0.4 is 0 Å². The van der Waals surface area contributed by atoms with Gasteiger partial charge in [-0.2, -0.15) is 0 Å². The van der Waals surface area contributed by atoms with Crippen LogP contribution in [0.2, 0.25) is 5.15 Å². The zero-order chi connectivity index (χ0) is 11.3. The van der Waals surface area contributed by atoms with Crippen molar-refractivity contribution in [2.24, 2.45) is 0 Å². The predicted molar refractivity (Wildman–Crippen MR) is 62.6 cm³/mol. The van der Waals surface area contributed by atoms with Gasteiger partial charge < -0.3 is 4.90 Å². The minimum Gasteiger partial charge on any atom is -0.337 e. The monoisotopic (exact) mass is 232 g/mol. The number of halogens is 1. The van der Waals surface area contributed by atoms with Crippen LogP contribution in [0.3, 0.4) is 0 Å². The lowest BCUT2D eigenvalue weighted by atomic mass is 10.1. The number of hydrogen-bond donors (Lipinski definition) is 0. The van der Waals surface area contributed by atoms with Crippen molar-refractivity contribution in [3.63, 3.8) is 0 Å². The fourth-order valence-corrected chi connectivity index (χ4v) is 2.36. The van der Waals surface area contributed by atoms with E-state index in [-0.39, 0.29) is 5.91 Å². The number of hydrogen-bond acceptors (Lipinski definition) is 2. The van der Waals surface area contributed by atoms with Gasteiger partial charge in [-0.05, 0) is 6.07 Å². The first-order valence-corrected chi connectivity index (χ1v) is 5.39. The summed E-state index contributed by atoms with van der Waals surface area (Å²) < 4.78 is 0. The molecule has 3 nitrogen and oxygen atoms in total. The molecule has 0 N–H and O–H groups in total. The molecule has 16 heavy (non-hydrogen) atoms. The van der Waals surface area contributed by atoms with Gasteiger partial charge in [0.15, 0.2) is 0 Å². The summed E-state index contributed by atoms with van der Waals surface area (Å²) in [5.41, 5.74) is 2.32. The van der Waals surface area contributed by atoms with Crippen molar-refractivity contribution in [1.29, 1.82) is 0 Å². The molecule has 0 atom stereocenters. The Morgan fingerprint density at radius 1 is 1.38 bits per heavy atom. The van der Waals surface area contributed by atoms with Gasteiger partial charge in [-0.3, -0.25) is 4.79 Å². The second-order valence-corrected chi connectivity index (χ2v) is 4.29. The number of rotatable bonds is 0. The van der Waals surface area contributed by atoms with Gasteiger partial charge in [0.05, 0.1) is 11.1 Å². The van der Waals surface area contributed by atoms with E-state index >= 15 is 0 Å². The first-order chi connectivity index (χ1) is 7.68. The quantitative estimate of drug-likeness (QED) is 0.654. The van der Waals surface area contributed by atoms with Crippen LogP contribution in [0.4, 0.5) is 0 Å². The topological polar surface area (TPSA) is 33.2 Å². The lowest BCUT2D eigenvalue weighted by Crippen LogP contribution is -2.17. The molecule has 0 fully saturated rings. The summed E-state index contributed by atoms with van der Waals surface area (Å²) in [5, 5.41) is 1.32. The maximum atomic E-state index is 12.0. The zero-order valence-corrected chi connectivity index (χ0v) is 9.45. The Labute approximate surface area is 97.6 Å². The van der Waals surface area contributed by atoms with E-state index in [0.29, 0.717) is 17.3 Å². The molecular weight excluding hydrogens is 224 g/mol. The Balaban J connectivity index is 2.45. The molecule has 80 valence electrons. The largest absolute Gasteiger partial charge is 0.337 e. The maximum Gasteiger partial charge on any atom is 0.255 e. The molecule has 1 aromatic carbocycles. The number of fused-ring (bicyclic) bond motifs is 3. The number of para-hydroxylation sites is 1. The molecule has 0 spiro atoms.